The molecular formula is C23H27ClFN3O5S. The average Bonchev–Trinajstić information content (AvgIpc) is 2.74. The first-order valence-electron chi connectivity index (χ1n) is 10.7. The number of hydrogen-bond donors (Lipinski definition) is 1. The van der Waals surface area contributed by atoms with Gasteiger partial charge < -0.3 is 9.64 Å². The highest BCUT2D eigenvalue weighted by atomic mass is 35.5. The summed E-state index contributed by atoms with van der Waals surface area (Å²) in [6.07, 6.45) is -0.213. The third-order valence-electron chi connectivity index (χ3n) is 5.48. The Morgan fingerprint density at radius 2 is 1.88 bits per heavy atom. The van der Waals surface area contributed by atoms with Gasteiger partial charge in [-0.3, -0.25) is 14.5 Å². The molecule has 1 amide bonds. The van der Waals surface area contributed by atoms with Gasteiger partial charge in [0.2, 0.25) is 10.0 Å². The maximum Gasteiger partial charge on any atom is 0.260 e. The second-order valence-electron chi connectivity index (χ2n) is 8.36. The van der Waals surface area contributed by atoms with Crippen LogP contribution in [0.2, 0.25) is 5.02 Å². The molecule has 34 heavy (non-hydrogen) atoms. The summed E-state index contributed by atoms with van der Waals surface area (Å²) < 4.78 is 41.1. The van der Waals surface area contributed by atoms with Crippen LogP contribution < -0.4 is 9.88 Å². The average molecular weight is 512 g/mol. The predicted molar refractivity (Wildman–Crippen MR) is 126 cm³/mol. The zero-order valence-electron chi connectivity index (χ0n) is 18.7. The van der Waals surface area contributed by atoms with Crippen molar-refractivity contribution in [1.29, 1.82) is 0 Å². The number of Topliss-reactive ketones (excluding diaryl/α,β-unsaturated/α-hetero) is 1. The van der Waals surface area contributed by atoms with Crippen molar-refractivity contribution in [1.82, 2.24) is 9.80 Å². The number of hydrogen-bond acceptors (Lipinski definition) is 6. The molecule has 0 bridgehead atoms. The summed E-state index contributed by atoms with van der Waals surface area (Å²) in [5.41, 5.74) is 1.42. The Labute approximate surface area is 203 Å². The molecule has 0 spiro atoms. The van der Waals surface area contributed by atoms with Gasteiger partial charge in [-0.05, 0) is 36.8 Å². The van der Waals surface area contributed by atoms with Gasteiger partial charge in [-0.15, -0.1) is 0 Å². The second kappa shape index (κ2) is 11.3. The Balaban J connectivity index is 1.56. The van der Waals surface area contributed by atoms with Crippen molar-refractivity contribution in [2.24, 2.45) is 5.14 Å². The van der Waals surface area contributed by atoms with Crippen LogP contribution in [0.5, 0.6) is 5.75 Å². The number of primary sulfonamides is 1. The highest BCUT2D eigenvalue weighted by molar-refractivity contribution is 7.89. The minimum atomic E-state index is -3.94. The maximum atomic E-state index is 13.1. The molecule has 1 saturated heterocycles. The number of benzene rings is 2. The summed E-state index contributed by atoms with van der Waals surface area (Å²) in [6.45, 7) is 4.21. The largest absolute Gasteiger partial charge is 0.483 e. The number of piperazine rings is 1. The number of ether oxygens (including phenoxy) is 1. The molecule has 1 aliphatic rings. The molecule has 0 radical (unpaired) electrons. The first-order valence-corrected chi connectivity index (χ1v) is 12.8. The van der Waals surface area contributed by atoms with Crippen LogP contribution in [0, 0.1) is 5.82 Å². The molecular weight excluding hydrogens is 485 g/mol. The van der Waals surface area contributed by atoms with E-state index in [1.807, 2.05) is 6.92 Å². The standard InChI is InChI=1S/C23H27ClFN3O5S/c1-16-12-27(13-17-2-6-20(25)7-3-17)8-9-28(16)23(30)14-33-22-11-19(24)5-4-18(22)10-21(29)15-34(26,31)32/h2-7,11,16H,8-10,12-15H2,1H3,(H2,26,31,32)/t16-/m1/s1. The molecule has 2 aromatic carbocycles. The lowest BCUT2D eigenvalue weighted by Crippen LogP contribution is -2.54. The molecule has 11 heteroatoms. The third kappa shape index (κ3) is 7.76. The lowest BCUT2D eigenvalue weighted by Gasteiger charge is -2.39. The van der Waals surface area contributed by atoms with Crippen LogP contribution >= 0.6 is 11.6 Å². The molecule has 0 unspecified atom stereocenters. The Morgan fingerprint density at radius 3 is 2.53 bits per heavy atom. The smallest absolute Gasteiger partial charge is 0.260 e. The highest BCUT2D eigenvalue weighted by Gasteiger charge is 2.28. The Bertz CT molecular complexity index is 1140. The van der Waals surface area contributed by atoms with E-state index in [2.05, 4.69) is 4.90 Å². The first kappa shape index (κ1) is 26.1. The fourth-order valence-electron chi connectivity index (χ4n) is 3.91. The fraction of sp³-hybridized carbons (Fsp3) is 0.391. The van der Waals surface area contributed by atoms with E-state index in [0.717, 1.165) is 5.56 Å². The fourth-order valence-corrected chi connectivity index (χ4v) is 4.63. The number of nitrogens with zero attached hydrogens (tertiary/aromatic N) is 2. The number of carbonyl (C=O) groups is 2. The number of nitrogens with two attached hydrogens (primary N) is 1. The topological polar surface area (TPSA) is 110 Å². The van der Waals surface area contributed by atoms with Crippen molar-refractivity contribution in [2.45, 2.75) is 25.9 Å². The predicted octanol–water partition coefficient (Wildman–Crippen LogP) is 1.99. The molecule has 0 saturated carbocycles. The van der Waals surface area contributed by atoms with Gasteiger partial charge >= 0.3 is 0 Å². The lowest BCUT2D eigenvalue weighted by molar-refractivity contribution is -0.138. The van der Waals surface area contributed by atoms with Gasteiger partial charge in [0, 0.05) is 49.2 Å². The van der Waals surface area contributed by atoms with Crippen molar-refractivity contribution in [3.63, 3.8) is 0 Å². The van der Waals surface area contributed by atoms with Gasteiger partial charge in [-0.2, -0.15) is 0 Å². The SMILES string of the molecule is C[C@@H]1CN(Cc2ccc(F)cc2)CCN1C(=O)COc1cc(Cl)ccc1CC(=O)CS(N)(=O)=O. The van der Waals surface area contributed by atoms with Crippen molar-refractivity contribution >= 4 is 33.3 Å². The normalized spacial score (nSPS) is 16.9. The van der Waals surface area contributed by atoms with E-state index >= 15 is 0 Å². The maximum absolute atomic E-state index is 13.1. The molecule has 1 heterocycles. The van der Waals surface area contributed by atoms with Crippen molar-refractivity contribution in [3.8, 4) is 5.75 Å². The van der Waals surface area contributed by atoms with Gasteiger partial charge in [0.25, 0.3) is 5.91 Å². The van der Waals surface area contributed by atoms with E-state index in [1.165, 1.54) is 18.2 Å². The van der Waals surface area contributed by atoms with Gasteiger partial charge in [0.05, 0.1) is 0 Å². The zero-order chi connectivity index (χ0) is 24.9. The van der Waals surface area contributed by atoms with Crippen LogP contribution in [0.1, 0.15) is 18.1 Å². The Kier molecular flexibility index (Phi) is 8.64. The molecule has 184 valence electrons. The monoisotopic (exact) mass is 511 g/mol. The molecule has 2 N–H and O–H groups in total. The third-order valence-corrected chi connectivity index (χ3v) is 6.44. The van der Waals surface area contributed by atoms with E-state index in [4.69, 9.17) is 21.5 Å². The number of rotatable bonds is 9. The number of sulfonamides is 1. The van der Waals surface area contributed by atoms with Crippen LogP contribution in [-0.4, -0.2) is 67.9 Å². The van der Waals surface area contributed by atoms with E-state index in [9.17, 15) is 22.4 Å². The molecule has 0 aromatic heterocycles. The van der Waals surface area contributed by atoms with E-state index in [0.29, 0.717) is 36.8 Å². The highest BCUT2D eigenvalue weighted by Crippen LogP contribution is 2.25. The number of carbonyl (C=O) groups excluding carboxylic acids is 2. The quantitative estimate of drug-likeness (QED) is 0.551. The van der Waals surface area contributed by atoms with Crippen LogP contribution in [-0.2, 0) is 32.6 Å². The van der Waals surface area contributed by atoms with E-state index < -0.39 is 21.6 Å². The molecule has 3 rings (SSSR count). The summed E-state index contributed by atoms with van der Waals surface area (Å²) in [4.78, 5) is 28.8. The first-order chi connectivity index (χ1) is 16.0. The summed E-state index contributed by atoms with van der Waals surface area (Å²) in [5, 5.41) is 5.29. The number of halogens is 2. The summed E-state index contributed by atoms with van der Waals surface area (Å²) >= 11 is 6.04. The van der Waals surface area contributed by atoms with Crippen LogP contribution in [0.4, 0.5) is 4.39 Å². The summed E-state index contributed by atoms with van der Waals surface area (Å²) in [5.74, 6) is -1.62. The van der Waals surface area contributed by atoms with Crippen molar-refractivity contribution in [2.75, 3.05) is 32.0 Å². The summed E-state index contributed by atoms with van der Waals surface area (Å²) in [7, 11) is -3.94. The Morgan fingerprint density at radius 1 is 1.18 bits per heavy atom. The Hall–Kier alpha value is -2.53. The minimum absolute atomic E-state index is 0.0551. The van der Waals surface area contributed by atoms with Gasteiger partial charge in [0.15, 0.2) is 12.4 Å². The molecule has 8 nitrogen and oxygen atoms in total. The van der Waals surface area contributed by atoms with E-state index in [1.54, 1.807) is 29.2 Å². The number of ketones is 1. The van der Waals surface area contributed by atoms with Gasteiger partial charge in [0.1, 0.15) is 17.3 Å². The zero-order valence-corrected chi connectivity index (χ0v) is 20.3. The molecule has 2 aromatic rings. The van der Waals surface area contributed by atoms with Crippen LogP contribution in [0.25, 0.3) is 0 Å². The molecule has 0 aliphatic carbocycles. The second-order valence-corrected chi connectivity index (χ2v) is 10.4. The molecule has 1 aliphatic heterocycles. The number of amides is 1. The van der Waals surface area contributed by atoms with E-state index in [-0.39, 0.29) is 36.5 Å². The van der Waals surface area contributed by atoms with Crippen molar-refractivity contribution < 1.29 is 27.1 Å². The lowest BCUT2D eigenvalue weighted by atomic mass is 10.1. The van der Waals surface area contributed by atoms with Gasteiger partial charge in [-0.25, -0.2) is 17.9 Å². The van der Waals surface area contributed by atoms with Crippen LogP contribution in [0.3, 0.4) is 0 Å². The molecule has 1 fully saturated rings. The molecule has 1 atom stereocenters. The summed E-state index contributed by atoms with van der Waals surface area (Å²) in [6, 6.07) is 10.9. The van der Waals surface area contributed by atoms with Crippen molar-refractivity contribution in [3.05, 3.63) is 64.4 Å². The minimum Gasteiger partial charge on any atom is -0.483 e. The van der Waals surface area contributed by atoms with Crippen LogP contribution in [0.15, 0.2) is 42.5 Å². The van der Waals surface area contributed by atoms with Gasteiger partial charge in [-0.1, -0.05) is 29.8 Å².